The summed E-state index contributed by atoms with van der Waals surface area (Å²) in [5.41, 5.74) is 0.982. The van der Waals surface area contributed by atoms with Crippen LogP contribution in [0.15, 0.2) is 10.7 Å². The summed E-state index contributed by atoms with van der Waals surface area (Å²) in [5.74, 6) is -0.828. The van der Waals surface area contributed by atoms with Crippen LogP contribution in [-0.4, -0.2) is 50.9 Å². The third-order valence-corrected chi connectivity index (χ3v) is 11.1. The van der Waals surface area contributed by atoms with E-state index in [1.165, 1.54) is 7.11 Å². The van der Waals surface area contributed by atoms with Crippen molar-refractivity contribution in [1.29, 1.82) is 0 Å². The SMILES string of the molecule is CON(C)C(=O)c1occ2c1C[C@@H](O[Si](C)(C)C(C)(C)C)[C@]1(C)OC(C)(C)O[C@H]21. The molecule has 1 aliphatic heterocycles. The highest BCUT2D eigenvalue weighted by Crippen LogP contribution is 2.54. The molecular weight excluding hydrogens is 390 g/mol. The lowest BCUT2D eigenvalue weighted by molar-refractivity contribution is -0.176. The van der Waals surface area contributed by atoms with E-state index in [1.807, 2.05) is 20.8 Å². The Morgan fingerprint density at radius 1 is 1.28 bits per heavy atom. The van der Waals surface area contributed by atoms with Crippen molar-refractivity contribution in [3.05, 3.63) is 23.2 Å². The van der Waals surface area contributed by atoms with Gasteiger partial charge >= 0.3 is 5.91 Å². The lowest BCUT2D eigenvalue weighted by Crippen LogP contribution is -2.56. The monoisotopic (exact) mass is 425 g/mol. The van der Waals surface area contributed by atoms with Gasteiger partial charge in [-0.3, -0.25) is 9.63 Å². The van der Waals surface area contributed by atoms with Crippen molar-refractivity contribution in [3.63, 3.8) is 0 Å². The summed E-state index contributed by atoms with van der Waals surface area (Å²) in [6.07, 6.45) is 1.49. The molecule has 1 amide bonds. The highest BCUT2D eigenvalue weighted by atomic mass is 28.4. The second kappa shape index (κ2) is 6.92. The smallest absolute Gasteiger partial charge is 0.313 e. The Balaban J connectivity index is 2.07. The van der Waals surface area contributed by atoms with E-state index in [9.17, 15) is 4.79 Å². The predicted octanol–water partition coefficient (Wildman–Crippen LogP) is 4.44. The van der Waals surface area contributed by atoms with E-state index >= 15 is 0 Å². The van der Waals surface area contributed by atoms with Crippen LogP contribution in [0.3, 0.4) is 0 Å². The minimum Gasteiger partial charge on any atom is -0.458 e. The first-order valence-corrected chi connectivity index (χ1v) is 13.0. The second-order valence-electron chi connectivity index (χ2n) is 10.2. The maximum Gasteiger partial charge on any atom is 0.313 e. The molecule has 0 N–H and O–H groups in total. The summed E-state index contributed by atoms with van der Waals surface area (Å²) in [5, 5.41) is 1.20. The number of carbonyl (C=O) groups is 1. The molecule has 7 nitrogen and oxygen atoms in total. The van der Waals surface area contributed by atoms with Gasteiger partial charge in [-0.1, -0.05) is 20.8 Å². The van der Waals surface area contributed by atoms with Gasteiger partial charge < -0.3 is 18.3 Å². The molecule has 0 aromatic carbocycles. The fraction of sp³-hybridized carbons (Fsp3) is 0.762. The molecule has 0 spiro atoms. The molecule has 2 aliphatic rings. The molecule has 0 bridgehead atoms. The third-order valence-electron chi connectivity index (χ3n) is 6.62. The van der Waals surface area contributed by atoms with Crippen LogP contribution in [0.4, 0.5) is 0 Å². The molecule has 8 heteroatoms. The summed E-state index contributed by atoms with van der Waals surface area (Å²) in [7, 11) is 0.904. The van der Waals surface area contributed by atoms with E-state index < -0.39 is 19.7 Å². The lowest BCUT2D eigenvalue weighted by Gasteiger charge is -2.47. The average molecular weight is 426 g/mol. The van der Waals surface area contributed by atoms with Crippen LogP contribution in [0.5, 0.6) is 0 Å². The van der Waals surface area contributed by atoms with E-state index in [4.69, 9.17) is 23.2 Å². The van der Waals surface area contributed by atoms with Crippen molar-refractivity contribution in [3.8, 4) is 0 Å². The molecule has 1 aliphatic carbocycles. The Bertz CT molecular complexity index is 796. The van der Waals surface area contributed by atoms with Gasteiger partial charge in [0.1, 0.15) is 11.7 Å². The van der Waals surface area contributed by atoms with Crippen LogP contribution in [-0.2, 0) is 25.2 Å². The van der Waals surface area contributed by atoms with E-state index in [0.717, 1.165) is 16.2 Å². The maximum atomic E-state index is 12.8. The zero-order chi connectivity index (χ0) is 22.0. The van der Waals surface area contributed by atoms with E-state index in [2.05, 4.69) is 33.9 Å². The molecule has 2 heterocycles. The van der Waals surface area contributed by atoms with Crippen molar-refractivity contribution in [1.82, 2.24) is 5.06 Å². The van der Waals surface area contributed by atoms with Crippen molar-refractivity contribution >= 4 is 14.2 Å². The van der Waals surface area contributed by atoms with Gasteiger partial charge in [-0.2, -0.15) is 0 Å². The number of amides is 1. The van der Waals surface area contributed by atoms with E-state index in [-0.39, 0.29) is 28.9 Å². The summed E-state index contributed by atoms with van der Waals surface area (Å²) >= 11 is 0. The Labute approximate surface area is 174 Å². The average Bonchev–Trinajstić information content (AvgIpc) is 3.09. The van der Waals surface area contributed by atoms with Crippen molar-refractivity contribution in [2.24, 2.45) is 0 Å². The van der Waals surface area contributed by atoms with Crippen molar-refractivity contribution < 1.29 is 27.9 Å². The number of ether oxygens (including phenoxy) is 2. The first-order chi connectivity index (χ1) is 13.1. The summed E-state index contributed by atoms with van der Waals surface area (Å²) < 4.78 is 25.3. The fourth-order valence-electron chi connectivity index (χ4n) is 3.93. The molecule has 1 saturated heterocycles. The molecule has 3 rings (SSSR count). The van der Waals surface area contributed by atoms with E-state index in [0.29, 0.717) is 6.42 Å². The highest BCUT2D eigenvalue weighted by molar-refractivity contribution is 6.74. The van der Waals surface area contributed by atoms with Crippen molar-refractivity contribution in [2.45, 2.75) is 89.7 Å². The van der Waals surface area contributed by atoms with Gasteiger partial charge in [0.05, 0.1) is 19.5 Å². The van der Waals surface area contributed by atoms with Gasteiger partial charge in [-0.25, -0.2) is 5.06 Å². The van der Waals surface area contributed by atoms with Crippen LogP contribution in [0.1, 0.15) is 69.3 Å². The Kier molecular flexibility index (Phi) is 5.36. The molecule has 164 valence electrons. The van der Waals surface area contributed by atoms with Gasteiger partial charge in [0.25, 0.3) is 0 Å². The number of carbonyl (C=O) groups excluding carboxylic acids is 1. The van der Waals surface area contributed by atoms with Gasteiger partial charge in [0.15, 0.2) is 19.9 Å². The zero-order valence-corrected chi connectivity index (χ0v) is 20.3. The topological polar surface area (TPSA) is 70.4 Å². The van der Waals surface area contributed by atoms with Gasteiger partial charge in [-0.05, 0) is 38.9 Å². The molecule has 3 atom stereocenters. The minimum atomic E-state index is -2.11. The minimum absolute atomic E-state index is 0.0411. The number of rotatable bonds is 4. The standard InChI is InChI=1S/C21H35NO6Si/c1-19(2,3)29(9,10)27-15-11-13-14(12-25-16(13)18(23)22(7)24-8)17-21(15,6)28-20(4,5)26-17/h12,15,17H,11H2,1-10H3/t15-,17-,21+/m1/s1. The summed E-state index contributed by atoms with van der Waals surface area (Å²) in [4.78, 5) is 17.8. The van der Waals surface area contributed by atoms with Gasteiger partial charge in [0, 0.05) is 24.6 Å². The largest absolute Gasteiger partial charge is 0.458 e. The normalized spacial score (nSPS) is 28.8. The molecule has 0 radical (unpaired) electrons. The Hall–Kier alpha value is -1.19. The first kappa shape index (κ1) is 22.5. The summed E-state index contributed by atoms with van der Waals surface area (Å²) in [6, 6.07) is 0. The number of fused-ring (bicyclic) bond motifs is 3. The molecular formula is C21H35NO6Si. The van der Waals surface area contributed by atoms with E-state index in [1.54, 1.807) is 13.3 Å². The number of nitrogens with zero attached hydrogens (tertiary/aromatic N) is 1. The quantitative estimate of drug-likeness (QED) is 0.525. The maximum absolute atomic E-state index is 12.8. The molecule has 1 aromatic rings. The van der Waals surface area contributed by atoms with Gasteiger partial charge in [-0.15, -0.1) is 0 Å². The number of furan rings is 1. The first-order valence-electron chi connectivity index (χ1n) is 10.1. The van der Waals surface area contributed by atoms with Crippen LogP contribution in [0.25, 0.3) is 0 Å². The fourth-order valence-corrected chi connectivity index (χ4v) is 5.31. The lowest BCUT2D eigenvalue weighted by atomic mass is 9.78. The van der Waals surface area contributed by atoms with Crippen molar-refractivity contribution in [2.75, 3.05) is 14.2 Å². The third kappa shape index (κ3) is 3.70. The Morgan fingerprint density at radius 2 is 1.90 bits per heavy atom. The molecule has 29 heavy (non-hydrogen) atoms. The second-order valence-corrected chi connectivity index (χ2v) is 15.0. The van der Waals surface area contributed by atoms with Crippen LogP contribution < -0.4 is 0 Å². The molecule has 0 unspecified atom stereocenters. The number of hydrogen-bond acceptors (Lipinski definition) is 6. The Morgan fingerprint density at radius 3 is 2.45 bits per heavy atom. The molecule has 0 saturated carbocycles. The van der Waals surface area contributed by atoms with Crippen LogP contribution in [0.2, 0.25) is 18.1 Å². The number of hydroxylamine groups is 2. The van der Waals surface area contributed by atoms with Crippen LogP contribution >= 0.6 is 0 Å². The highest BCUT2D eigenvalue weighted by Gasteiger charge is 2.61. The zero-order valence-electron chi connectivity index (χ0n) is 19.3. The predicted molar refractivity (Wildman–Crippen MR) is 111 cm³/mol. The van der Waals surface area contributed by atoms with Crippen LogP contribution in [0, 0.1) is 0 Å². The summed E-state index contributed by atoms with van der Waals surface area (Å²) in [6.45, 7) is 16.9. The van der Waals surface area contributed by atoms with Gasteiger partial charge in [0.2, 0.25) is 0 Å². The molecule has 1 fully saturated rings. The number of hydrogen-bond donors (Lipinski definition) is 0. The molecule has 1 aromatic heterocycles.